The van der Waals surface area contributed by atoms with Crippen LogP contribution in [0.2, 0.25) is 0 Å². The van der Waals surface area contributed by atoms with Gasteiger partial charge in [-0.2, -0.15) is 0 Å². The van der Waals surface area contributed by atoms with Crippen molar-refractivity contribution in [3.63, 3.8) is 0 Å². The summed E-state index contributed by atoms with van der Waals surface area (Å²) >= 11 is 0. The van der Waals surface area contributed by atoms with E-state index in [9.17, 15) is 14.0 Å². The molecule has 29 heavy (non-hydrogen) atoms. The molecule has 150 valence electrons. The molecule has 0 aliphatic heterocycles. The van der Waals surface area contributed by atoms with E-state index in [1.54, 1.807) is 11.6 Å². The largest absolute Gasteiger partial charge is 0.309 e. The predicted molar refractivity (Wildman–Crippen MR) is 106 cm³/mol. The molecule has 0 radical (unpaired) electrons. The van der Waals surface area contributed by atoms with E-state index in [4.69, 9.17) is 0 Å². The molecule has 2 N–H and O–H groups in total. The zero-order valence-corrected chi connectivity index (χ0v) is 16.4. The number of para-hydroxylation sites is 1. The minimum Gasteiger partial charge on any atom is -0.273 e. The molecule has 0 unspecified atom stereocenters. The van der Waals surface area contributed by atoms with E-state index in [1.807, 2.05) is 24.3 Å². The maximum absolute atomic E-state index is 12.9. The monoisotopic (exact) mass is 395 g/mol. The number of nitrogens with one attached hydrogen (secondary N) is 2. The Hall–Kier alpha value is -3.55. The molecule has 0 aliphatic carbocycles. The highest BCUT2D eigenvalue weighted by molar-refractivity contribution is 5.92. The predicted octanol–water partition coefficient (Wildman–Crippen LogP) is 2.84. The van der Waals surface area contributed by atoms with Gasteiger partial charge in [0.1, 0.15) is 11.6 Å². The summed E-state index contributed by atoms with van der Waals surface area (Å²) in [5.74, 6) is -0.659. The van der Waals surface area contributed by atoms with Gasteiger partial charge in [-0.3, -0.25) is 20.4 Å². The molecule has 2 aromatic carbocycles. The molecule has 7 nitrogen and oxygen atoms in total. The number of benzene rings is 2. The maximum atomic E-state index is 12.9. The molecular formula is C21H22FN5O2. The van der Waals surface area contributed by atoms with Crippen LogP contribution in [0.1, 0.15) is 47.3 Å². The molecule has 3 rings (SSSR count). The maximum Gasteiger partial charge on any atom is 0.309 e. The van der Waals surface area contributed by atoms with Crippen molar-refractivity contribution in [2.45, 2.75) is 33.1 Å². The molecule has 0 saturated heterocycles. The second-order valence-electron chi connectivity index (χ2n) is 6.91. The van der Waals surface area contributed by atoms with E-state index in [0.29, 0.717) is 11.4 Å². The first-order chi connectivity index (χ1) is 13.8. The molecule has 0 atom stereocenters. The lowest BCUT2D eigenvalue weighted by Gasteiger charge is -2.12. The van der Waals surface area contributed by atoms with Crippen LogP contribution in [-0.2, 0) is 11.2 Å². The van der Waals surface area contributed by atoms with E-state index >= 15 is 0 Å². The highest BCUT2D eigenvalue weighted by atomic mass is 19.1. The van der Waals surface area contributed by atoms with Crippen LogP contribution in [-0.4, -0.2) is 26.6 Å². The van der Waals surface area contributed by atoms with E-state index in [0.717, 1.165) is 11.3 Å². The molecule has 0 aliphatic rings. The molecule has 8 heteroatoms. The first kappa shape index (κ1) is 20.2. The van der Waals surface area contributed by atoms with E-state index in [1.165, 1.54) is 24.3 Å². The van der Waals surface area contributed by atoms with Gasteiger partial charge in [0.25, 0.3) is 0 Å². The summed E-state index contributed by atoms with van der Waals surface area (Å²) < 4.78 is 14.5. The van der Waals surface area contributed by atoms with Crippen LogP contribution >= 0.6 is 0 Å². The average molecular weight is 395 g/mol. The lowest BCUT2D eigenvalue weighted by atomic mass is 10.0. The number of hydrogen-bond acceptors (Lipinski definition) is 4. The van der Waals surface area contributed by atoms with Crippen LogP contribution in [0.25, 0.3) is 5.69 Å². The third-order valence-electron chi connectivity index (χ3n) is 4.35. The second kappa shape index (κ2) is 8.64. The van der Waals surface area contributed by atoms with Gasteiger partial charge in [0.2, 0.25) is 11.7 Å². The number of hydrogen-bond donors (Lipinski definition) is 2. The quantitative estimate of drug-likeness (QED) is 0.650. The molecule has 3 aromatic rings. The van der Waals surface area contributed by atoms with Crippen molar-refractivity contribution in [1.29, 1.82) is 0 Å². The van der Waals surface area contributed by atoms with Crippen LogP contribution in [0, 0.1) is 12.7 Å². The van der Waals surface area contributed by atoms with Gasteiger partial charge >= 0.3 is 5.91 Å². The molecule has 1 aromatic heterocycles. The minimum absolute atomic E-state index is 0.00320. The Kier molecular flexibility index (Phi) is 6.01. The van der Waals surface area contributed by atoms with Crippen molar-refractivity contribution < 1.29 is 14.0 Å². The number of aromatic nitrogens is 3. The van der Waals surface area contributed by atoms with Gasteiger partial charge in [-0.1, -0.05) is 44.2 Å². The number of nitrogens with zero attached hydrogens (tertiary/aromatic N) is 3. The number of hydrazine groups is 1. The lowest BCUT2D eigenvalue weighted by Crippen LogP contribution is -2.42. The van der Waals surface area contributed by atoms with Gasteiger partial charge in [0, 0.05) is 0 Å². The van der Waals surface area contributed by atoms with Gasteiger partial charge in [-0.15, -0.1) is 5.10 Å². The van der Waals surface area contributed by atoms with Gasteiger partial charge < -0.3 is 0 Å². The number of halogens is 1. The molecule has 2 amide bonds. The van der Waals surface area contributed by atoms with Crippen molar-refractivity contribution in [1.82, 2.24) is 25.6 Å². The minimum atomic E-state index is -0.624. The topological polar surface area (TPSA) is 88.9 Å². The number of rotatable bonds is 5. The molecule has 0 spiro atoms. The fraction of sp³-hybridized carbons (Fsp3) is 0.238. The summed E-state index contributed by atoms with van der Waals surface area (Å²) in [5.41, 5.74) is 7.19. The zero-order valence-electron chi connectivity index (χ0n) is 16.4. The van der Waals surface area contributed by atoms with E-state index in [2.05, 4.69) is 34.8 Å². The third kappa shape index (κ3) is 4.84. The Morgan fingerprint density at radius 2 is 1.76 bits per heavy atom. The summed E-state index contributed by atoms with van der Waals surface area (Å²) in [6.45, 7) is 5.92. The highest BCUT2D eigenvalue weighted by Gasteiger charge is 2.18. The summed E-state index contributed by atoms with van der Waals surface area (Å²) in [7, 11) is 0. The fourth-order valence-corrected chi connectivity index (χ4v) is 2.90. The summed E-state index contributed by atoms with van der Waals surface area (Å²) in [6.07, 6.45) is 0.00320. The standard InChI is InChI=1S/C21H22FN5O2/c1-13(2)17-6-4-5-7-18(17)27-14(3)23-20(26-27)21(29)25-24-19(28)12-15-8-10-16(22)11-9-15/h4-11,13H,12H2,1-3H3,(H,24,28)(H,25,29). The molecule has 0 bridgehead atoms. The van der Waals surface area contributed by atoms with Crippen molar-refractivity contribution >= 4 is 11.8 Å². The summed E-state index contributed by atoms with van der Waals surface area (Å²) in [4.78, 5) is 28.5. The van der Waals surface area contributed by atoms with Crippen molar-refractivity contribution in [2.24, 2.45) is 0 Å². The Morgan fingerprint density at radius 1 is 1.07 bits per heavy atom. The summed E-state index contributed by atoms with van der Waals surface area (Å²) in [5, 5.41) is 4.30. The lowest BCUT2D eigenvalue weighted by molar-refractivity contribution is -0.121. The highest BCUT2D eigenvalue weighted by Crippen LogP contribution is 2.23. The Balaban J connectivity index is 1.67. The van der Waals surface area contributed by atoms with Gasteiger partial charge in [-0.05, 0) is 42.2 Å². The fourth-order valence-electron chi connectivity index (χ4n) is 2.90. The van der Waals surface area contributed by atoms with Crippen LogP contribution in [0.5, 0.6) is 0 Å². The average Bonchev–Trinajstić information content (AvgIpc) is 3.09. The van der Waals surface area contributed by atoms with Crippen molar-refractivity contribution in [3.8, 4) is 5.69 Å². The van der Waals surface area contributed by atoms with Crippen LogP contribution in [0.15, 0.2) is 48.5 Å². The number of aryl methyl sites for hydroxylation is 1. The first-order valence-electron chi connectivity index (χ1n) is 9.21. The third-order valence-corrected chi connectivity index (χ3v) is 4.35. The van der Waals surface area contributed by atoms with Crippen molar-refractivity contribution in [3.05, 3.63) is 77.1 Å². The zero-order chi connectivity index (χ0) is 21.0. The van der Waals surface area contributed by atoms with E-state index in [-0.39, 0.29) is 24.0 Å². The van der Waals surface area contributed by atoms with Crippen LogP contribution in [0.4, 0.5) is 4.39 Å². The Bertz CT molecular complexity index is 1030. The van der Waals surface area contributed by atoms with Crippen LogP contribution in [0.3, 0.4) is 0 Å². The Labute approximate surface area is 167 Å². The molecule has 0 saturated carbocycles. The normalized spacial score (nSPS) is 10.8. The van der Waals surface area contributed by atoms with Gasteiger partial charge in [0.15, 0.2) is 0 Å². The molecular weight excluding hydrogens is 373 g/mol. The Morgan fingerprint density at radius 3 is 2.45 bits per heavy atom. The van der Waals surface area contributed by atoms with Crippen molar-refractivity contribution in [2.75, 3.05) is 0 Å². The van der Waals surface area contributed by atoms with Crippen LogP contribution < -0.4 is 10.9 Å². The van der Waals surface area contributed by atoms with E-state index < -0.39 is 11.8 Å². The van der Waals surface area contributed by atoms with Gasteiger partial charge in [0.05, 0.1) is 12.1 Å². The van der Waals surface area contributed by atoms with Gasteiger partial charge in [-0.25, -0.2) is 14.1 Å². The smallest absolute Gasteiger partial charge is 0.273 e. The number of amides is 2. The summed E-state index contributed by atoms with van der Waals surface area (Å²) in [6, 6.07) is 13.4. The molecule has 1 heterocycles. The number of carbonyl (C=O) groups is 2. The first-order valence-corrected chi connectivity index (χ1v) is 9.21. The SMILES string of the molecule is Cc1nc(C(=O)NNC(=O)Cc2ccc(F)cc2)nn1-c1ccccc1C(C)C. The number of carbonyl (C=O) groups excluding carboxylic acids is 2. The molecule has 0 fully saturated rings. The second-order valence-corrected chi connectivity index (χ2v) is 6.91.